The van der Waals surface area contributed by atoms with Crippen molar-refractivity contribution >= 4 is 19.2 Å². The van der Waals surface area contributed by atoms with Crippen LogP contribution in [0.25, 0.3) is 11.2 Å². The first-order valence-corrected chi connectivity index (χ1v) is 12.6. The third kappa shape index (κ3) is 4.25. The van der Waals surface area contributed by atoms with Gasteiger partial charge in [-0.1, -0.05) is 25.7 Å². The highest BCUT2D eigenvalue weighted by molar-refractivity contribution is 6.76. The highest BCUT2D eigenvalue weighted by Crippen LogP contribution is 2.10. The summed E-state index contributed by atoms with van der Waals surface area (Å²) in [6.07, 6.45) is 3.19. The summed E-state index contributed by atoms with van der Waals surface area (Å²) in [5, 5.41) is 0. The Bertz CT molecular complexity index is 1050. The summed E-state index contributed by atoms with van der Waals surface area (Å²) in [5.41, 5.74) is 0.568. The Labute approximate surface area is 158 Å². The standard InChI is InChI=1S/C18H25N5O3Si/c1-21-16-15(22(12-20-16)13-26-9-10-27(2,3)4)17(24)23(18(21)25)11-14-7-5-6-8-19-14/h5-8,12H,9-11,13H2,1-4H3. The van der Waals surface area contributed by atoms with Crippen molar-refractivity contribution in [3.63, 3.8) is 0 Å². The summed E-state index contributed by atoms with van der Waals surface area (Å²) in [7, 11) is 0.433. The van der Waals surface area contributed by atoms with Crippen LogP contribution in [-0.2, 0) is 25.1 Å². The summed E-state index contributed by atoms with van der Waals surface area (Å²) >= 11 is 0. The monoisotopic (exact) mass is 387 g/mol. The van der Waals surface area contributed by atoms with E-state index in [1.807, 2.05) is 6.07 Å². The Morgan fingerprint density at radius 2 is 1.93 bits per heavy atom. The van der Waals surface area contributed by atoms with Crippen LogP contribution in [0.3, 0.4) is 0 Å². The normalized spacial score (nSPS) is 12.0. The van der Waals surface area contributed by atoms with Gasteiger partial charge in [0.25, 0.3) is 5.56 Å². The van der Waals surface area contributed by atoms with E-state index < -0.39 is 13.8 Å². The van der Waals surface area contributed by atoms with E-state index in [0.29, 0.717) is 23.5 Å². The molecule has 0 atom stereocenters. The van der Waals surface area contributed by atoms with Crippen molar-refractivity contribution in [1.29, 1.82) is 0 Å². The number of hydrogen-bond acceptors (Lipinski definition) is 5. The first-order chi connectivity index (χ1) is 12.8. The molecule has 3 rings (SSSR count). The van der Waals surface area contributed by atoms with Crippen LogP contribution < -0.4 is 11.2 Å². The molecule has 3 aromatic heterocycles. The molecule has 0 aliphatic carbocycles. The summed E-state index contributed by atoms with van der Waals surface area (Å²) in [4.78, 5) is 34.1. The maximum Gasteiger partial charge on any atom is 0.332 e. The zero-order chi connectivity index (χ0) is 19.6. The second-order valence-corrected chi connectivity index (χ2v) is 13.4. The van der Waals surface area contributed by atoms with Gasteiger partial charge in [-0.05, 0) is 18.2 Å². The smallest absolute Gasteiger partial charge is 0.332 e. The molecule has 0 saturated heterocycles. The van der Waals surface area contributed by atoms with E-state index in [-0.39, 0.29) is 18.8 Å². The van der Waals surface area contributed by atoms with Crippen LogP contribution in [0.2, 0.25) is 25.7 Å². The van der Waals surface area contributed by atoms with Crippen molar-refractivity contribution in [3.8, 4) is 0 Å². The number of aromatic nitrogens is 5. The van der Waals surface area contributed by atoms with Crippen LogP contribution in [0.15, 0.2) is 40.3 Å². The molecule has 0 unspecified atom stereocenters. The number of nitrogens with zero attached hydrogens (tertiary/aromatic N) is 5. The van der Waals surface area contributed by atoms with Gasteiger partial charge in [-0.2, -0.15) is 0 Å². The van der Waals surface area contributed by atoms with Gasteiger partial charge in [0, 0.05) is 27.9 Å². The molecule has 144 valence electrons. The van der Waals surface area contributed by atoms with Crippen LogP contribution in [0.4, 0.5) is 0 Å². The fraction of sp³-hybridized carbons (Fsp3) is 0.444. The maximum absolute atomic E-state index is 13.0. The summed E-state index contributed by atoms with van der Waals surface area (Å²) in [6, 6.07) is 6.45. The van der Waals surface area contributed by atoms with E-state index in [1.165, 1.54) is 9.13 Å². The number of aryl methyl sites for hydroxylation is 1. The number of rotatable bonds is 7. The molecule has 27 heavy (non-hydrogen) atoms. The molecule has 0 aliphatic heterocycles. The zero-order valence-corrected chi connectivity index (χ0v) is 17.2. The van der Waals surface area contributed by atoms with Crippen LogP contribution in [0.1, 0.15) is 5.69 Å². The van der Waals surface area contributed by atoms with Crippen molar-refractivity contribution in [3.05, 3.63) is 57.3 Å². The lowest BCUT2D eigenvalue weighted by Crippen LogP contribution is -2.40. The van der Waals surface area contributed by atoms with E-state index in [0.717, 1.165) is 6.04 Å². The SMILES string of the molecule is Cn1c(=O)n(Cc2ccccn2)c(=O)c2c1ncn2COCC[Si](C)(C)C. The average molecular weight is 388 g/mol. The molecule has 0 N–H and O–H groups in total. The topological polar surface area (TPSA) is 83.9 Å². The van der Waals surface area contributed by atoms with Crippen molar-refractivity contribution < 1.29 is 4.74 Å². The van der Waals surface area contributed by atoms with Crippen molar-refractivity contribution in [2.24, 2.45) is 7.05 Å². The van der Waals surface area contributed by atoms with Crippen LogP contribution in [0.5, 0.6) is 0 Å². The Morgan fingerprint density at radius 1 is 1.15 bits per heavy atom. The fourth-order valence-corrected chi connectivity index (χ4v) is 3.51. The molecule has 0 radical (unpaired) electrons. The molecule has 0 spiro atoms. The third-order valence-electron chi connectivity index (χ3n) is 4.37. The molecule has 3 heterocycles. The van der Waals surface area contributed by atoms with E-state index in [1.54, 1.807) is 36.3 Å². The maximum atomic E-state index is 13.0. The lowest BCUT2D eigenvalue weighted by Gasteiger charge is -2.15. The summed E-state index contributed by atoms with van der Waals surface area (Å²) in [6.45, 7) is 7.85. The van der Waals surface area contributed by atoms with Gasteiger partial charge in [0.2, 0.25) is 0 Å². The van der Waals surface area contributed by atoms with Gasteiger partial charge in [-0.15, -0.1) is 0 Å². The summed E-state index contributed by atoms with van der Waals surface area (Å²) < 4.78 is 9.99. The average Bonchev–Trinajstić information content (AvgIpc) is 3.05. The van der Waals surface area contributed by atoms with Gasteiger partial charge in [-0.25, -0.2) is 9.78 Å². The van der Waals surface area contributed by atoms with E-state index in [2.05, 4.69) is 29.6 Å². The van der Waals surface area contributed by atoms with Crippen LogP contribution >= 0.6 is 0 Å². The number of ether oxygens (including phenoxy) is 1. The second-order valence-electron chi connectivity index (χ2n) is 7.79. The highest BCUT2D eigenvalue weighted by Gasteiger charge is 2.17. The predicted molar refractivity (Wildman–Crippen MR) is 107 cm³/mol. The molecule has 9 heteroatoms. The lowest BCUT2D eigenvalue weighted by atomic mass is 10.3. The lowest BCUT2D eigenvalue weighted by molar-refractivity contribution is 0.0896. The van der Waals surface area contributed by atoms with Crippen molar-refractivity contribution in [2.75, 3.05) is 6.61 Å². The van der Waals surface area contributed by atoms with Gasteiger partial charge >= 0.3 is 5.69 Å². The molecule has 0 aromatic carbocycles. The first-order valence-electron chi connectivity index (χ1n) is 8.90. The predicted octanol–water partition coefficient (Wildman–Crippen LogP) is 1.65. The summed E-state index contributed by atoms with van der Waals surface area (Å²) in [5.74, 6) is 0. The largest absolute Gasteiger partial charge is 0.361 e. The molecule has 0 aliphatic rings. The van der Waals surface area contributed by atoms with E-state index in [4.69, 9.17) is 4.74 Å². The molecule has 0 fully saturated rings. The molecule has 0 amide bonds. The van der Waals surface area contributed by atoms with Gasteiger partial charge in [-0.3, -0.25) is 18.9 Å². The quantitative estimate of drug-likeness (QED) is 0.455. The van der Waals surface area contributed by atoms with Crippen LogP contribution in [0, 0.1) is 0 Å². The minimum absolute atomic E-state index is 0.115. The number of imidazole rings is 1. The number of pyridine rings is 1. The van der Waals surface area contributed by atoms with Crippen molar-refractivity contribution in [2.45, 2.75) is 39.0 Å². The molecular formula is C18H25N5O3Si. The number of hydrogen-bond donors (Lipinski definition) is 0. The van der Waals surface area contributed by atoms with Crippen LogP contribution in [-0.4, -0.2) is 38.4 Å². The first kappa shape index (κ1) is 19.2. The minimum Gasteiger partial charge on any atom is -0.361 e. The Balaban J connectivity index is 1.94. The third-order valence-corrected chi connectivity index (χ3v) is 6.08. The van der Waals surface area contributed by atoms with Gasteiger partial charge in [0.1, 0.15) is 6.73 Å². The van der Waals surface area contributed by atoms with Gasteiger partial charge < -0.3 is 9.30 Å². The van der Waals surface area contributed by atoms with E-state index >= 15 is 0 Å². The number of fused-ring (bicyclic) bond motifs is 1. The van der Waals surface area contributed by atoms with E-state index in [9.17, 15) is 9.59 Å². The van der Waals surface area contributed by atoms with Gasteiger partial charge in [0.05, 0.1) is 18.6 Å². The Hall–Kier alpha value is -2.52. The fourth-order valence-electron chi connectivity index (χ4n) is 2.75. The molecule has 3 aromatic rings. The zero-order valence-electron chi connectivity index (χ0n) is 16.2. The molecule has 0 bridgehead atoms. The Kier molecular flexibility index (Phi) is 5.42. The minimum atomic E-state index is -1.18. The highest BCUT2D eigenvalue weighted by atomic mass is 28.3. The molecule has 0 saturated carbocycles. The van der Waals surface area contributed by atoms with Gasteiger partial charge in [0.15, 0.2) is 11.2 Å². The molecule has 8 nitrogen and oxygen atoms in total. The van der Waals surface area contributed by atoms with Crippen molar-refractivity contribution in [1.82, 2.24) is 23.7 Å². The second kappa shape index (κ2) is 7.61. The molecular weight excluding hydrogens is 362 g/mol. The Morgan fingerprint density at radius 3 is 2.59 bits per heavy atom.